The van der Waals surface area contributed by atoms with Crippen LogP contribution in [0.2, 0.25) is 0 Å². The number of carboxylic acids is 1. The third kappa shape index (κ3) is 3.75. The van der Waals surface area contributed by atoms with Crippen LogP contribution in [0.15, 0.2) is 24.3 Å². The molecule has 2 N–H and O–H groups in total. The van der Waals surface area contributed by atoms with Crippen molar-refractivity contribution in [1.82, 2.24) is 0 Å². The Hall–Kier alpha value is -1.55. The fourth-order valence-electron chi connectivity index (χ4n) is 1.69. The van der Waals surface area contributed by atoms with Crippen LogP contribution in [0, 0.1) is 5.92 Å². The molecule has 0 aromatic heterocycles. The number of hydrogen-bond acceptors (Lipinski definition) is 3. The molecule has 94 valence electrons. The predicted molar refractivity (Wildman–Crippen MR) is 67.1 cm³/mol. The third-order valence-corrected chi connectivity index (χ3v) is 2.79. The molecule has 0 aliphatic heterocycles. The fraction of sp³-hybridized carbons (Fsp3) is 0.462. The molecule has 2 atom stereocenters. The van der Waals surface area contributed by atoms with Crippen molar-refractivity contribution in [3.8, 4) is 0 Å². The van der Waals surface area contributed by atoms with Gasteiger partial charge in [-0.25, -0.2) is 0 Å². The summed E-state index contributed by atoms with van der Waals surface area (Å²) in [6.45, 7) is 1.73. The molecule has 4 heteroatoms. The number of anilines is 1. The lowest BCUT2D eigenvalue weighted by Gasteiger charge is -2.19. The van der Waals surface area contributed by atoms with Gasteiger partial charge >= 0.3 is 5.97 Å². The Morgan fingerprint density at radius 1 is 1.29 bits per heavy atom. The first-order valence-corrected chi connectivity index (χ1v) is 5.59. The van der Waals surface area contributed by atoms with Crippen LogP contribution in [0.5, 0.6) is 0 Å². The van der Waals surface area contributed by atoms with Gasteiger partial charge in [0, 0.05) is 19.8 Å². The molecule has 17 heavy (non-hydrogen) atoms. The summed E-state index contributed by atoms with van der Waals surface area (Å²) in [4.78, 5) is 12.5. The van der Waals surface area contributed by atoms with Crippen LogP contribution >= 0.6 is 0 Å². The minimum Gasteiger partial charge on any atom is -0.481 e. The lowest BCUT2D eigenvalue weighted by molar-refractivity contribution is -0.139. The smallest absolute Gasteiger partial charge is 0.303 e. The monoisotopic (exact) mass is 237 g/mol. The molecule has 0 amide bonds. The number of aliphatic hydroxyl groups excluding tert-OH is 1. The second-order valence-electron chi connectivity index (χ2n) is 4.51. The minimum absolute atomic E-state index is 0.0312. The van der Waals surface area contributed by atoms with E-state index in [9.17, 15) is 9.90 Å². The number of nitrogens with zero attached hydrogens (tertiary/aromatic N) is 1. The number of carboxylic acid groups (broad SMARTS) is 1. The molecule has 0 saturated carbocycles. The molecule has 0 heterocycles. The maximum absolute atomic E-state index is 10.6. The third-order valence-electron chi connectivity index (χ3n) is 2.79. The molecule has 1 aromatic rings. The van der Waals surface area contributed by atoms with E-state index in [2.05, 4.69) is 0 Å². The summed E-state index contributed by atoms with van der Waals surface area (Å²) in [5.41, 5.74) is 1.80. The molecule has 0 bridgehead atoms. The molecule has 2 unspecified atom stereocenters. The highest BCUT2D eigenvalue weighted by Gasteiger charge is 2.19. The average Bonchev–Trinajstić information content (AvgIpc) is 2.27. The largest absolute Gasteiger partial charge is 0.481 e. The molecule has 0 spiro atoms. The molecule has 0 saturated heterocycles. The van der Waals surface area contributed by atoms with Crippen molar-refractivity contribution >= 4 is 11.7 Å². The zero-order valence-corrected chi connectivity index (χ0v) is 10.4. The normalized spacial score (nSPS) is 14.1. The first-order valence-electron chi connectivity index (χ1n) is 5.59. The molecule has 1 rings (SSSR count). The van der Waals surface area contributed by atoms with Crippen molar-refractivity contribution in [3.05, 3.63) is 29.8 Å². The highest BCUT2D eigenvalue weighted by atomic mass is 16.4. The maximum Gasteiger partial charge on any atom is 0.303 e. The van der Waals surface area contributed by atoms with Crippen LogP contribution in [0.25, 0.3) is 0 Å². The van der Waals surface area contributed by atoms with E-state index in [1.54, 1.807) is 6.92 Å². The summed E-state index contributed by atoms with van der Waals surface area (Å²) in [5.74, 6) is -1.18. The van der Waals surface area contributed by atoms with Gasteiger partial charge in [0.15, 0.2) is 0 Å². The van der Waals surface area contributed by atoms with E-state index < -0.39 is 12.1 Å². The lowest BCUT2D eigenvalue weighted by Crippen LogP contribution is -2.14. The Kier molecular flexibility index (Phi) is 4.52. The lowest BCUT2D eigenvalue weighted by atomic mass is 9.94. The summed E-state index contributed by atoms with van der Waals surface area (Å²) < 4.78 is 0. The van der Waals surface area contributed by atoms with Gasteiger partial charge in [-0.2, -0.15) is 0 Å². The predicted octanol–water partition coefficient (Wildman–Crippen LogP) is 1.90. The van der Waals surface area contributed by atoms with Gasteiger partial charge in [0.25, 0.3) is 0 Å². The van der Waals surface area contributed by atoms with Crippen LogP contribution in [-0.4, -0.2) is 30.3 Å². The Labute approximate surface area is 101 Å². The van der Waals surface area contributed by atoms with Gasteiger partial charge < -0.3 is 15.1 Å². The van der Waals surface area contributed by atoms with Crippen molar-refractivity contribution in [3.63, 3.8) is 0 Å². The van der Waals surface area contributed by atoms with Crippen molar-refractivity contribution in [2.45, 2.75) is 19.4 Å². The number of aliphatic carboxylic acids is 1. The topological polar surface area (TPSA) is 60.8 Å². The van der Waals surface area contributed by atoms with E-state index in [1.165, 1.54) is 0 Å². The van der Waals surface area contributed by atoms with Gasteiger partial charge in [0.2, 0.25) is 0 Å². The van der Waals surface area contributed by atoms with Crippen LogP contribution in [-0.2, 0) is 4.79 Å². The summed E-state index contributed by atoms with van der Waals surface area (Å²) in [5, 5.41) is 18.7. The Morgan fingerprint density at radius 2 is 1.82 bits per heavy atom. The number of hydrogen-bond donors (Lipinski definition) is 2. The van der Waals surface area contributed by atoms with Gasteiger partial charge in [0.1, 0.15) is 0 Å². The highest BCUT2D eigenvalue weighted by Crippen LogP contribution is 2.25. The van der Waals surface area contributed by atoms with Gasteiger partial charge in [-0.05, 0) is 23.6 Å². The average molecular weight is 237 g/mol. The molecular weight excluding hydrogens is 218 g/mol. The first-order chi connectivity index (χ1) is 7.91. The maximum atomic E-state index is 10.6. The molecule has 0 radical (unpaired) electrons. The molecule has 0 fully saturated rings. The Balaban J connectivity index is 2.75. The van der Waals surface area contributed by atoms with E-state index in [0.717, 1.165) is 11.3 Å². The van der Waals surface area contributed by atoms with Gasteiger partial charge in [-0.3, -0.25) is 4.79 Å². The SMILES string of the molecule is CC(CC(=O)O)C(O)c1ccc(N(C)C)cc1. The van der Waals surface area contributed by atoms with Crippen molar-refractivity contribution in [2.75, 3.05) is 19.0 Å². The summed E-state index contributed by atoms with van der Waals surface area (Å²) in [6.07, 6.45) is -0.765. The Morgan fingerprint density at radius 3 is 2.24 bits per heavy atom. The quantitative estimate of drug-likeness (QED) is 0.821. The van der Waals surface area contributed by atoms with Crippen LogP contribution in [0.4, 0.5) is 5.69 Å². The van der Waals surface area contributed by atoms with Gasteiger partial charge in [-0.15, -0.1) is 0 Å². The zero-order chi connectivity index (χ0) is 13.0. The number of aliphatic hydroxyl groups is 1. The molecule has 0 aliphatic rings. The van der Waals surface area contributed by atoms with E-state index in [4.69, 9.17) is 5.11 Å². The molecule has 4 nitrogen and oxygen atoms in total. The number of benzene rings is 1. The van der Waals surface area contributed by atoms with Crippen molar-refractivity contribution in [1.29, 1.82) is 0 Å². The van der Waals surface area contributed by atoms with Crippen LogP contribution in [0.1, 0.15) is 25.0 Å². The van der Waals surface area contributed by atoms with Gasteiger partial charge in [-0.1, -0.05) is 19.1 Å². The zero-order valence-electron chi connectivity index (χ0n) is 10.4. The number of carbonyl (C=O) groups is 1. The summed E-state index contributed by atoms with van der Waals surface area (Å²) in [7, 11) is 3.89. The minimum atomic E-state index is -0.888. The first kappa shape index (κ1) is 13.5. The van der Waals surface area contributed by atoms with Crippen molar-refractivity contribution < 1.29 is 15.0 Å². The summed E-state index contributed by atoms with van der Waals surface area (Å²) >= 11 is 0. The van der Waals surface area contributed by atoms with Crippen LogP contribution in [0.3, 0.4) is 0 Å². The van der Waals surface area contributed by atoms with E-state index in [1.807, 2.05) is 43.3 Å². The van der Waals surface area contributed by atoms with E-state index >= 15 is 0 Å². The molecule has 1 aromatic carbocycles. The second-order valence-corrected chi connectivity index (χ2v) is 4.51. The molecular formula is C13H19NO3. The summed E-state index contributed by atoms with van der Waals surface area (Å²) in [6, 6.07) is 7.48. The second kappa shape index (κ2) is 5.68. The highest BCUT2D eigenvalue weighted by molar-refractivity contribution is 5.67. The molecule has 0 aliphatic carbocycles. The standard InChI is InChI=1S/C13H19NO3/c1-9(8-12(15)16)13(17)10-4-6-11(7-5-10)14(2)3/h4-7,9,13,17H,8H2,1-3H3,(H,15,16). The van der Waals surface area contributed by atoms with E-state index in [0.29, 0.717) is 0 Å². The van der Waals surface area contributed by atoms with Crippen LogP contribution < -0.4 is 4.90 Å². The van der Waals surface area contributed by atoms with Gasteiger partial charge in [0.05, 0.1) is 12.5 Å². The fourth-order valence-corrected chi connectivity index (χ4v) is 1.69. The number of rotatable bonds is 5. The van der Waals surface area contributed by atoms with E-state index in [-0.39, 0.29) is 12.3 Å². The Bertz CT molecular complexity index is 373. The van der Waals surface area contributed by atoms with Crippen molar-refractivity contribution in [2.24, 2.45) is 5.92 Å².